The summed E-state index contributed by atoms with van der Waals surface area (Å²) in [5.74, 6) is -0.672. The van der Waals surface area contributed by atoms with Crippen LogP contribution >= 0.6 is 0 Å². The van der Waals surface area contributed by atoms with E-state index in [0.717, 1.165) is 17.7 Å². The number of nitrogens with zero attached hydrogens (tertiary/aromatic N) is 2. The molecule has 0 saturated carbocycles. The maximum atomic E-state index is 13.2. The number of hydrogen-bond donors (Lipinski definition) is 1. The van der Waals surface area contributed by atoms with Crippen LogP contribution in [0, 0.1) is 11.7 Å². The molecule has 2 aliphatic rings. The largest absolute Gasteiger partial charge is 0.341 e. The van der Waals surface area contributed by atoms with Gasteiger partial charge in [0.15, 0.2) is 0 Å². The van der Waals surface area contributed by atoms with Crippen molar-refractivity contribution < 1.29 is 18.8 Å². The third-order valence-electron chi connectivity index (χ3n) is 5.35. The van der Waals surface area contributed by atoms with Gasteiger partial charge < -0.3 is 10.2 Å². The Balaban J connectivity index is 1.79. The van der Waals surface area contributed by atoms with Gasteiger partial charge in [-0.2, -0.15) is 0 Å². The van der Waals surface area contributed by atoms with Crippen molar-refractivity contribution in [3.63, 3.8) is 0 Å². The molecule has 6 nitrogen and oxygen atoms in total. The molecule has 2 fully saturated rings. The highest BCUT2D eigenvalue weighted by Crippen LogP contribution is 2.32. The number of carbonyl (C=O) groups excluding carboxylic acids is 3. The van der Waals surface area contributed by atoms with Crippen molar-refractivity contribution in [1.82, 2.24) is 15.1 Å². The summed E-state index contributed by atoms with van der Waals surface area (Å²) in [7, 11) is 0. The molecule has 0 bridgehead atoms. The molecule has 0 radical (unpaired) electrons. The Kier molecular flexibility index (Phi) is 4.98. The molecule has 1 aromatic rings. The Hall–Kier alpha value is -2.44. The van der Waals surface area contributed by atoms with Crippen LogP contribution in [-0.4, -0.2) is 47.3 Å². The van der Waals surface area contributed by atoms with Crippen LogP contribution in [0.25, 0.3) is 0 Å². The molecule has 1 N–H and O–H groups in total. The van der Waals surface area contributed by atoms with Crippen LogP contribution in [0.15, 0.2) is 24.3 Å². The molecule has 0 aliphatic carbocycles. The second kappa shape index (κ2) is 7.05. The minimum atomic E-state index is -1.25. The molecule has 2 saturated heterocycles. The number of imide groups is 1. The number of amides is 4. The first-order chi connectivity index (χ1) is 12.4. The minimum absolute atomic E-state index is 0.217. The zero-order chi connectivity index (χ0) is 18.9. The fourth-order valence-corrected chi connectivity index (χ4v) is 3.79. The summed E-state index contributed by atoms with van der Waals surface area (Å²) < 4.78 is 13.2. The zero-order valence-corrected chi connectivity index (χ0v) is 15.1. The van der Waals surface area contributed by atoms with Crippen molar-refractivity contribution in [2.24, 2.45) is 5.92 Å². The lowest BCUT2D eigenvalue weighted by atomic mass is 9.87. The minimum Gasteiger partial charge on any atom is -0.341 e. The van der Waals surface area contributed by atoms with Crippen molar-refractivity contribution in [3.05, 3.63) is 35.6 Å². The van der Waals surface area contributed by atoms with E-state index >= 15 is 0 Å². The van der Waals surface area contributed by atoms with Crippen molar-refractivity contribution in [2.45, 2.75) is 38.6 Å². The molecule has 0 aromatic heterocycles. The quantitative estimate of drug-likeness (QED) is 0.836. The predicted molar refractivity (Wildman–Crippen MR) is 93.6 cm³/mol. The normalized spacial score (nSPS) is 26.2. The predicted octanol–water partition coefficient (Wildman–Crippen LogP) is 2.24. The zero-order valence-electron chi connectivity index (χ0n) is 15.1. The van der Waals surface area contributed by atoms with Gasteiger partial charge >= 0.3 is 6.03 Å². The molecule has 0 unspecified atom stereocenters. The van der Waals surface area contributed by atoms with Crippen LogP contribution in [0.2, 0.25) is 0 Å². The summed E-state index contributed by atoms with van der Waals surface area (Å²) in [5.41, 5.74) is -0.735. The number of hydrogen-bond acceptors (Lipinski definition) is 3. The lowest BCUT2D eigenvalue weighted by Gasteiger charge is -2.32. The van der Waals surface area contributed by atoms with Gasteiger partial charge in [-0.15, -0.1) is 0 Å². The number of piperidine rings is 1. The van der Waals surface area contributed by atoms with Crippen LogP contribution in [0.5, 0.6) is 0 Å². The Morgan fingerprint density at radius 2 is 2.00 bits per heavy atom. The van der Waals surface area contributed by atoms with Gasteiger partial charge in [0, 0.05) is 13.1 Å². The van der Waals surface area contributed by atoms with Crippen LogP contribution in [0.1, 0.15) is 38.7 Å². The van der Waals surface area contributed by atoms with E-state index in [2.05, 4.69) is 12.2 Å². The van der Waals surface area contributed by atoms with Crippen molar-refractivity contribution >= 4 is 17.8 Å². The molecule has 4 amide bonds. The average molecular weight is 361 g/mol. The molecule has 0 spiro atoms. The van der Waals surface area contributed by atoms with E-state index in [-0.39, 0.29) is 12.5 Å². The van der Waals surface area contributed by atoms with E-state index in [4.69, 9.17) is 0 Å². The van der Waals surface area contributed by atoms with Crippen LogP contribution in [0.3, 0.4) is 0 Å². The number of nitrogens with one attached hydrogen (secondary N) is 1. The van der Waals surface area contributed by atoms with Gasteiger partial charge in [0.2, 0.25) is 5.91 Å². The van der Waals surface area contributed by atoms with Crippen LogP contribution < -0.4 is 5.32 Å². The van der Waals surface area contributed by atoms with Gasteiger partial charge in [0.05, 0.1) is 0 Å². The Morgan fingerprint density at radius 1 is 1.31 bits per heavy atom. The van der Waals surface area contributed by atoms with Crippen molar-refractivity contribution in [3.8, 4) is 0 Å². The Morgan fingerprint density at radius 3 is 2.62 bits per heavy atom. The SMILES string of the molecule is CC[C@@]1(c2ccc(F)cc2)NC(=O)N(CC(=O)N2CCC[C@@H](C)C2)C1=O. The second-order valence-electron chi connectivity index (χ2n) is 7.17. The summed E-state index contributed by atoms with van der Waals surface area (Å²) in [4.78, 5) is 40.7. The van der Waals surface area contributed by atoms with Crippen LogP contribution in [0.4, 0.5) is 9.18 Å². The lowest BCUT2D eigenvalue weighted by molar-refractivity contribution is -0.140. The molecule has 2 atom stereocenters. The lowest BCUT2D eigenvalue weighted by Crippen LogP contribution is -2.47. The molecule has 2 aliphatic heterocycles. The number of urea groups is 1. The van der Waals surface area contributed by atoms with E-state index in [0.29, 0.717) is 31.0 Å². The van der Waals surface area contributed by atoms with E-state index in [1.54, 1.807) is 11.8 Å². The average Bonchev–Trinajstić information content (AvgIpc) is 2.87. The number of carbonyl (C=O) groups is 3. The van der Waals surface area contributed by atoms with Gasteiger partial charge in [-0.3, -0.25) is 14.5 Å². The van der Waals surface area contributed by atoms with Gasteiger partial charge in [0.1, 0.15) is 17.9 Å². The highest BCUT2D eigenvalue weighted by molar-refractivity contribution is 6.09. The fraction of sp³-hybridized carbons (Fsp3) is 0.526. The van der Waals surface area contributed by atoms with Gasteiger partial charge in [-0.05, 0) is 42.9 Å². The molecule has 3 rings (SSSR count). The van der Waals surface area contributed by atoms with Crippen molar-refractivity contribution in [1.29, 1.82) is 0 Å². The highest BCUT2D eigenvalue weighted by atomic mass is 19.1. The van der Waals surface area contributed by atoms with E-state index in [9.17, 15) is 18.8 Å². The first-order valence-electron chi connectivity index (χ1n) is 9.05. The summed E-state index contributed by atoms with van der Waals surface area (Å²) in [6.07, 6.45) is 2.33. The number of rotatable bonds is 4. The van der Waals surface area contributed by atoms with E-state index in [1.165, 1.54) is 24.3 Å². The number of likely N-dealkylation sites (tertiary alicyclic amines) is 1. The van der Waals surface area contributed by atoms with Crippen molar-refractivity contribution in [2.75, 3.05) is 19.6 Å². The summed E-state index contributed by atoms with van der Waals surface area (Å²) >= 11 is 0. The molecular formula is C19H24FN3O3. The van der Waals surface area contributed by atoms with E-state index < -0.39 is 23.3 Å². The Labute approximate surface area is 152 Å². The third kappa shape index (κ3) is 3.18. The van der Waals surface area contributed by atoms with Gasteiger partial charge in [0.25, 0.3) is 5.91 Å². The molecule has 2 heterocycles. The molecule has 26 heavy (non-hydrogen) atoms. The molecule has 7 heteroatoms. The number of benzene rings is 1. The molecule has 140 valence electrons. The highest BCUT2D eigenvalue weighted by Gasteiger charge is 2.51. The second-order valence-corrected chi connectivity index (χ2v) is 7.17. The summed E-state index contributed by atoms with van der Waals surface area (Å²) in [6, 6.07) is 4.92. The maximum absolute atomic E-state index is 13.2. The monoisotopic (exact) mass is 361 g/mol. The molecular weight excluding hydrogens is 337 g/mol. The summed E-state index contributed by atoms with van der Waals surface area (Å²) in [5, 5.41) is 2.71. The standard InChI is InChI=1S/C19H24FN3O3/c1-3-19(14-6-8-15(20)9-7-14)17(25)23(18(26)21-19)12-16(24)22-10-4-5-13(2)11-22/h6-9,13H,3-5,10-12H2,1-2H3,(H,21,26)/t13-,19+/m1/s1. The van der Waals surface area contributed by atoms with Gasteiger partial charge in [-0.25, -0.2) is 9.18 Å². The molecule has 1 aromatic carbocycles. The maximum Gasteiger partial charge on any atom is 0.325 e. The topological polar surface area (TPSA) is 69.7 Å². The Bertz CT molecular complexity index is 721. The van der Waals surface area contributed by atoms with Crippen LogP contribution in [-0.2, 0) is 15.1 Å². The summed E-state index contributed by atoms with van der Waals surface area (Å²) in [6.45, 7) is 4.91. The first-order valence-corrected chi connectivity index (χ1v) is 9.05. The van der Waals surface area contributed by atoms with Gasteiger partial charge in [-0.1, -0.05) is 26.0 Å². The third-order valence-corrected chi connectivity index (χ3v) is 5.35. The smallest absolute Gasteiger partial charge is 0.325 e. The van der Waals surface area contributed by atoms with E-state index in [1.807, 2.05) is 0 Å². The fourth-order valence-electron chi connectivity index (χ4n) is 3.79. The first kappa shape index (κ1) is 18.4. The number of halogens is 1.